The standard InChI is InChI=1S/C21H33N5O2.HI/c1-3-22-21(23-12-6-9-20(27)24-17-10-11-17)26-15-13-25(14-16-26)18-7-4-5-8-19(18)28-2;/h4-5,7-8,17H,3,6,9-16H2,1-2H3,(H,22,23)(H,24,27);1H. The Labute approximate surface area is 191 Å². The fourth-order valence-corrected chi connectivity index (χ4v) is 3.43. The summed E-state index contributed by atoms with van der Waals surface area (Å²) in [5, 5.41) is 6.42. The van der Waals surface area contributed by atoms with Crippen LogP contribution in [0.3, 0.4) is 0 Å². The van der Waals surface area contributed by atoms with Crippen molar-refractivity contribution in [2.45, 2.75) is 38.6 Å². The van der Waals surface area contributed by atoms with Gasteiger partial charge in [-0.2, -0.15) is 0 Å². The zero-order valence-corrected chi connectivity index (χ0v) is 19.9. The number of ether oxygens (including phenoxy) is 1. The lowest BCUT2D eigenvalue weighted by Crippen LogP contribution is -2.52. The van der Waals surface area contributed by atoms with Gasteiger partial charge in [0, 0.05) is 51.7 Å². The number of nitrogens with one attached hydrogen (secondary N) is 2. The number of anilines is 1. The van der Waals surface area contributed by atoms with Crippen LogP contribution in [0.2, 0.25) is 0 Å². The molecule has 0 radical (unpaired) electrons. The molecular formula is C21H34IN5O2. The Morgan fingerprint density at radius 1 is 1.21 bits per heavy atom. The summed E-state index contributed by atoms with van der Waals surface area (Å²) in [5.74, 6) is 2.03. The molecule has 2 N–H and O–H groups in total. The van der Waals surface area contributed by atoms with Crippen LogP contribution in [0, 0.1) is 0 Å². The molecule has 1 amide bonds. The molecule has 1 aromatic carbocycles. The number of carbonyl (C=O) groups is 1. The summed E-state index contributed by atoms with van der Waals surface area (Å²) in [6.45, 7) is 7.27. The van der Waals surface area contributed by atoms with Gasteiger partial charge >= 0.3 is 0 Å². The summed E-state index contributed by atoms with van der Waals surface area (Å²) in [6.07, 6.45) is 3.61. The zero-order chi connectivity index (χ0) is 19.8. The van der Waals surface area contributed by atoms with Crippen LogP contribution >= 0.6 is 24.0 Å². The summed E-state index contributed by atoms with van der Waals surface area (Å²) in [6, 6.07) is 8.61. The molecule has 7 nitrogen and oxygen atoms in total. The number of nitrogens with zero attached hydrogens (tertiary/aromatic N) is 3. The molecule has 1 aliphatic carbocycles. The van der Waals surface area contributed by atoms with Crippen LogP contribution in [0.4, 0.5) is 5.69 Å². The zero-order valence-electron chi connectivity index (χ0n) is 17.5. The first kappa shape index (κ1) is 23.6. The molecule has 1 heterocycles. The van der Waals surface area contributed by atoms with Gasteiger partial charge < -0.3 is 25.2 Å². The van der Waals surface area contributed by atoms with E-state index in [1.54, 1.807) is 7.11 Å². The lowest BCUT2D eigenvalue weighted by Gasteiger charge is -2.38. The van der Waals surface area contributed by atoms with Crippen LogP contribution < -0.4 is 20.3 Å². The second kappa shape index (κ2) is 12.1. The van der Waals surface area contributed by atoms with E-state index in [9.17, 15) is 4.79 Å². The fourth-order valence-electron chi connectivity index (χ4n) is 3.43. The number of methoxy groups -OCH3 is 1. The van der Waals surface area contributed by atoms with Gasteiger partial charge in [0.1, 0.15) is 5.75 Å². The minimum absolute atomic E-state index is 0. The van der Waals surface area contributed by atoms with Gasteiger partial charge in [-0.15, -0.1) is 24.0 Å². The smallest absolute Gasteiger partial charge is 0.220 e. The van der Waals surface area contributed by atoms with Crippen molar-refractivity contribution >= 4 is 41.5 Å². The van der Waals surface area contributed by atoms with Crippen LogP contribution in [-0.4, -0.2) is 69.2 Å². The maximum Gasteiger partial charge on any atom is 0.220 e. The Kier molecular flexibility index (Phi) is 9.83. The largest absolute Gasteiger partial charge is 0.495 e. The van der Waals surface area contributed by atoms with Gasteiger partial charge in [0.15, 0.2) is 5.96 Å². The number of hydrogen-bond donors (Lipinski definition) is 2. The van der Waals surface area contributed by atoms with Crippen molar-refractivity contribution in [3.8, 4) is 5.75 Å². The lowest BCUT2D eigenvalue weighted by atomic mass is 10.2. The van der Waals surface area contributed by atoms with E-state index in [1.807, 2.05) is 12.1 Å². The molecule has 3 rings (SSSR count). The van der Waals surface area contributed by atoms with Gasteiger partial charge in [-0.1, -0.05) is 12.1 Å². The Morgan fingerprint density at radius 3 is 2.59 bits per heavy atom. The van der Waals surface area contributed by atoms with Crippen molar-refractivity contribution in [2.24, 2.45) is 4.99 Å². The maximum absolute atomic E-state index is 11.8. The number of hydrogen-bond acceptors (Lipinski definition) is 4. The van der Waals surface area contributed by atoms with Crippen molar-refractivity contribution in [3.05, 3.63) is 24.3 Å². The number of guanidine groups is 1. The number of rotatable bonds is 8. The first-order valence-electron chi connectivity index (χ1n) is 10.4. The summed E-state index contributed by atoms with van der Waals surface area (Å²) >= 11 is 0. The van der Waals surface area contributed by atoms with Gasteiger partial charge in [-0.3, -0.25) is 9.79 Å². The molecule has 0 aromatic heterocycles. The molecule has 162 valence electrons. The Morgan fingerprint density at radius 2 is 1.93 bits per heavy atom. The van der Waals surface area contributed by atoms with E-state index < -0.39 is 0 Å². The summed E-state index contributed by atoms with van der Waals surface area (Å²) < 4.78 is 5.50. The highest BCUT2D eigenvalue weighted by Gasteiger charge is 2.23. The summed E-state index contributed by atoms with van der Waals surface area (Å²) in [7, 11) is 1.72. The van der Waals surface area contributed by atoms with E-state index in [2.05, 4.69) is 39.5 Å². The Balaban J connectivity index is 0.00000300. The molecule has 0 unspecified atom stereocenters. The topological polar surface area (TPSA) is 69.2 Å². The molecule has 2 fully saturated rings. The number of aliphatic imine (C=N–C) groups is 1. The quantitative estimate of drug-likeness (QED) is 0.241. The first-order valence-corrected chi connectivity index (χ1v) is 10.4. The Bertz CT molecular complexity index is 673. The average Bonchev–Trinajstić information content (AvgIpc) is 3.54. The van der Waals surface area contributed by atoms with Crippen molar-refractivity contribution < 1.29 is 9.53 Å². The van der Waals surface area contributed by atoms with Gasteiger partial charge in [-0.25, -0.2) is 0 Å². The van der Waals surface area contributed by atoms with Crippen molar-refractivity contribution in [1.29, 1.82) is 0 Å². The second-order valence-electron chi connectivity index (χ2n) is 7.33. The summed E-state index contributed by atoms with van der Waals surface area (Å²) in [4.78, 5) is 21.2. The molecule has 1 saturated carbocycles. The highest BCUT2D eigenvalue weighted by molar-refractivity contribution is 14.0. The second-order valence-corrected chi connectivity index (χ2v) is 7.33. The minimum atomic E-state index is 0. The number of para-hydroxylation sites is 2. The monoisotopic (exact) mass is 515 g/mol. The van der Waals surface area contributed by atoms with Crippen LogP contribution in [0.25, 0.3) is 0 Å². The van der Waals surface area contributed by atoms with E-state index in [4.69, 9.17) is 9.73 Å². The predicted octanol–water partition coefficient (Wildman–Crippen LogP) is 2.46. The lowest BCUT2D eigenvalue weighted by molar-refractivity contribution is -0.121. The van der Waals surface area contributed by atoms with Crippen LogP contribution in [0.1, 0.15) is 32.6 Å². The van der Waals surface area contributed by atoms with E-state index in [0.717, 1.165) is 69.4 Å². The fraction of sp³-hybridized carbons (Fsp3) is 0.619. The van der Waals surface area contributed by atoms with Crippen molar-refractivity contribution in [3.63, 3.8) is 0 Å². The number of benzene rings is 1. The highest BCUT2D eigenvalue weighted by Crippen LogP contribution is 2.28. The number of halogens is 1. The molecular weight excluding hydrogens is 481 g/mol. The molecule has 1 aromatic rings. The van der Waals surface area contributed by atoms with Crippen LogP contribution in [0.15, 0.2) is 29.3 Å². The van der Waals surface area contributed by atoms with Gasteiger partial charge in [0.05, 0.1) is 12.8 Å². The molecule has 0 atom stereocenters. The van der Waals surface area contributed by atoms with Gasteiger partial charge in [-0.05, 0) is 38.3 Å². The van der Waals surface area contributed by atoms with E-state index in [0.29, 0.717) is 19.0 Å². The van der Waals surface area contributed by atoms with Crippen molar-refractivity contribution in [2.75, 3.05) is 51.3 Å². The minimum Gasteiger partial charge on any atom is -0.495 e. The molecule has 8 heteroatoms. The third-order valence-electron chi connectivity index (χ3n) is 5.11. The molecule has 1 aliphatic heterocycles. The predicted molar refractivity (Wildman–Crippen MR) is 129 cm³/mol. The average molecular weight is 515 g/mol. The molecule has 0 bridgehead atoms. The normalized spacial score (nSPS) is 16.8. The summed E-state index contributed by atoms with van der Waals surface area (Å²) in [5.41, 5.74) is 1.15. The maximum atomic E-state index is 11.8. The molecule has 0 spiro atoms. The molecule has 29 heavy (non-hydrogen) atoms. The highest BCUT2D eigenvalue weighted by atomic mass is 127. The van der Waals surface area contributed by atoms with E-state index in [-0.39, 0.29) is 29.9 Å². The molecule has 1 saturated heterocycles. The number of carbonyl (C=O) groups excluding carboxylic acids is 1. The van der Waals surface area contributed by atoms with Gasteiger partial charge in [0.25, 0.3) is 0 Å². The van der Waals surface area contributed by atoms with Crippen molar-refractivity contribution in [1.82, 2.24) is 15.5 Å². The third-order valence-corrected chi connectivity index (χ3v) is 5.11. The van der Waals surface area contributed by atoms with Crippen LogP contribution in [0.5, 0.6) is 5.75 Å². The first-order chi connectivity index (χ1) is 13.7. The van der Waals surface area contributed by atoms with Gasteiger partial charge in [0.2, 0.25) is 5.91 Å². The number of amides is 1. The third kappa shape index (κ3) is 7.24. The SMILES string of the molecule is CCNC(=NCCCC(=O)NC1CC1)N1CCN(c2ccccc2OC)CC1.I. The number of piperazine rings is 1. The molecule has 2 aliphatic rings. The van der Waals surface area contributed by atoms with E-state index >= 15 is 0 Å². The van der Waals surface area contributed by atoms with E-state index in [1.165, 1.54) is 0 Å². The Hall–Kier alpha value is -1.71. The van der Waals surface area contributed by atoms with Crippen LogP contribution in [-0.2, 0) is 4.79 Å².